The fourth-order valence-corrected chi connectivity index (χ4v) is 4.18. The smallest absolute Gasteiger partial charge is 0.416 e. The molecule has 0 radical (unpaired) electrons. The molecule has 0 spiro atoms. The van der Waals surface area contributed by atoms with Crippen molar-refractivity contribution in [3.05, 3.63) is 101 Å². The molecule has 1 aliphatic rings. The molecule has 4 rings (SSSR count). The Bertz CT molecular complexity index is 1250. The first-order valence-electron chi connectivity index (χ1n) is 11.0. The molecule has 2 atom stereocenters. The molecule has 1 amide bonds. The number of carboxylic acid groups (broad SMARTS) is 1. The molecule has 0 saturated heterocycles. The second-order valence-electron chi connectivity index (χ2n) is 9.04. The maximum absolute atomic E-state index is 13.4. The summed E-state index contributed by atoms with van der Waals surface area (Å²) in [4.78, 5) is 24.8. The Balaban J connectivity index is 1.60. The largest absolute Gasteiger partial charge is 0.485 e. The first kappa shape index (κ1) is 24.3. The molecule has 1 aliphatic heterocycles. The molecular weight excluding hydrogens is 459 g/mol. The highest BCUT2D eigenvalue weighted by atomic mass is 19.4. The zero-order chi connectivity index (χ0) is 25.4. The summed E-state index contributed by atoms with van der Waals surface area (Å²) in [7, 11) is 0. The Hall–Kier alpha value is -3.81. The Labute approximate surface area is 200 Å². The summed E-state index contributed by atoms with van der Waals surface area (Å²) < 4.78 is 45.0. The zero-order valence-corrected chi connectivity index (χ0v) is 19.1. The Morgan fingerprint density at radius 2 is 1.60 bits per heavy atom. The van der Waals surface area contributed by atoms with Crippen LogP contribution in [0.4, 0.5) is 13.2 Å². The van der Waals surface area contributed by atoms with E-state index in [1.54, 1.807) is 44.2 Å². The van der Waals surface area contributed by atoms with E-state index < -0.39 is 35.3 Å². The molecule has 0 fully saturated rings. The number of nitrogens with one attached hydrogen (secondary N) is 1. The lowest BCUT2D eigenvalue weighted by Crippen LogP contribution is -2.43. The van der Waals surface area contributed by atoms with Gasteiger partial charge in [0, 0.05) is 12.0 Å². The highest BCUT2D eigenvalue weighted by Crippen LogP contribution is 2.41. The van der Waals surface area contributed by atoms with Crippen LogP contribution in [0.5, 0.6) is 5.75 Å². The number of hydrogen-bond donors (Lipinski definition) is 2. The summed E-state index contributed by atoms with van der Waals surface area (Å²) in [5, 5.41) is 12.4. The van der Waals surface area contributed by atoms with Crippen LogP contribution >= 0.6 is 0 Å². The van der Waals surface area contributed by atoms with Crippen LogP contribution in [0.25, 0.3) is 0 Å². The highest BCUT2D eigenvalue weighted by Gasteiger charge is 2.37. The summed E-state index contributed by atoms with van der Waals surface area (Å²) in [5.41, 5.74) is 0.150. The zero-order valence-electron chi connectivity index (χ0n) is 19.1. The minimum absolute atomic E-state index is 0.133. The van der Waals surface area contributed by atoms with Crippen LogP contribution in [0.2, 0.25) is 0 Å². The lowest BCUT2D eigenvalue weighted by molar-refractivity contribution is -0.137. The second-order valence-corrected chi connectivity index (χ2v) is 9.04. The minimum Gasteiger partial charge on any atom is -0.485 e. The van der Waals surface area contributed by atoms with Gasteiger partial charge in [0.05, 0.1) is 22.6 Å². The molecular formula is C27H24F3NO4. The topological polar surface area (TPSA) is 75.6 Å². The lowest BCUT2D eigenvalue weighted by atomic mass is 9.82. The van der Waals surface area contributed by atoms with Crippen LogP contribution in [0.15, 0.2) is 72.8 Å². The number of alkyl halides is 3. The SMILES string of the molecule is CC(C)(C(=O)N[C@@H]1C[C@H](c2cccc(C(=O)O)c2)Oc2ccccc21)c1ccc(C(F)(F)F)cc1. The van der Waals surface area contributed by atoms with Crippen LogP contribution in [0.3, 0.4) is 0 Å². The van der Waals surface area contributed by atoms with E-state index in [-0.39, 0.29) is 11.5 Å². The van der Waals surface area contributed by atoms with Gasteiger partial charge < -0.3 is 15.2 Å². The van der Waals surface area contributed by atoms with Crippen LogP contribution in [-0.4, -0.2) is 17.0 Å². The number of fused-ring (bicyclic) bond motifs is 1. The number of ether oxygens (including phenoxy) is 1. The van der Waals surface area contributed by atoms with Crippen molar-refractivity contribution in [3.8, 4) is 5.75 Å². The van der Waals surface area contributed by atoms with Gasteiger partial charge in [-0.1, -0.05) is 42.5 Å². The van der Waals surface area contributed by atoms with Gasteiger partial charge in [-0.2, -0.15) is 13.2 Å². The van der Waals surface area contributed by atoms with Crippen LogP contribution in [-0.2, 0) is 16.4 Å². The van der Waals surface area contributed by atoms with E-state index >= 15 is 0 Å². The number of carbonyl (C=O) groups is 2. The molecule has 0 aromatic heterocycles. The fourth-order valence-electron chi connectivity index (χ4n) is 4.18. The maximum Gasteiger partial charge on any atom is 0.416 e. The monoisotopic (exact) mass is 483 g/mol. The van der Waals surface area contributed by atoms with Gasteiger partial charge in [0.25, 0.3) is 0 Å². The van der Waals surface area contributed by atoms with Gasteiger partial charge in [-0.05, 0) is 55.3 Å². The van der Waals surface area contributed by atoms with E-state index in [0.717, 1.165) is 17.7 Å². The number of rotatable bonds is 5. The number of hydrogen-bond acceptors (Lipinski definition) is 3. The normalized spacial score (nSPS) is 17.7. The van der Waals surface area contributed by atoms with Crippen molar-refractivity contribution in [1.82, 2.24) is 5.32 Å². The summed E-state index contributed by atoms with van der Waals surface area (Å²) in [6, 6.07) is 17.9. The van der Waals surface area contributed by atoms with Crippen LogP contribution < -0.4 is 10.1 Å². The second kappa shape index (κ2) is 9.09. The molecule has 3 aromatic rings. The molecule has 0 saturated carbocycles. The molecule has 3 aromatic carbocycles. The van der Waals surface area contributed by atoms with Gasteiger partial charge in [0.2, 0.25) is 5.91 Å². The number of carboxylic acids is 1. The predicted molar refractivity (Wildman–Crippen MR) is 123 cm³/mol. The van der Waals surface area contributed by atoms with Crippen molar-refractivity contribution in [2.75, 3.05) is 0 Å². The maximum atomic E-state index is 13.4. The average Bonchev–Trinajstić information content (AvgIpc) is 2.83. The van der Waals surface area contributed by atoms with E-state index in [4.69, 9.17) is 4.74 Å². The summed E-state index contributed by atoms with van der Waals surface area (Å²) >= 11 is 0. The molecule has 182 valence electrons. The van der Waals surface area contributed by atoms with Gasteiger partial charge in [-0.15, -0.1) is 0 Å². The molecule has 0 unspecified atom stereocenters. The first-order chi connectivity index (χ1) is 16.5. The fraction of sp³-hybridized carbons (Fsp3) is 0.259. The van der Waals surface area contributed by atoms with Gasteiger partial charge in [0.15, 0.2) is 0 Å². The summed E-state index contributed by atoms with van der Waals surface area (Å²) in [6.45, 7) is 3.31. The summed E-state index contributed by atoms with van der Waals surface area (Å²) in [5.74, 6) is -0.828. The number of amides is 1. The molecule has 1 heterocycles. The van der Waals surface area contributed by atoms with Crippen molar-refractivity contribution in [3.63, 3.8) is 0 Å². The third kappa shape index (κ3) is 5.01. The first-order valence-corrected chi connectivity index (χ1v) is 11.0. The molecule has 35 heavy (non-hydrogen) atoms. The van der Waals surface area contributed by atoms with E-state index in [1.807, 2.05) is 12.1 Å². The van der Waals surface area contributed by atoms with E-state index in [2.05, 4.69) is 5.32 Å². The Morgan fingerprint density at radius 1 is 0.943 bits per heavy atom. The van der Waals surface area contributed by atoms with Crippen molar-refractivity contribution in [1.29, 1.82) is 0 Å². The molecule has 8 heteroatoms. The molecule has 2 N–H and O–H groups in total. The van der Waals surface area contributed by atoms with Gasteiger partial charge in [-0.3, -0.25) is 4.79 Å². The third-order valence-electron chi connectivity index (χ3n) is 6.33. The minimum atomic E-state index is -4.45. The number of carbonyl (C=O) groups excluding carboxylic acids is 1. The Morgan fingerprint density at radius 3 is 2.26 bits per heavy atom. The van der Waals surface area contributed by atoms with Crippen molar-refractivity contribution < 1.29 is 32.6 Å². The van der Waals surface area contributed by atoms with Gasteiger partial charge in [0.1, 0.15) is 11.9 Å². The van der Waals surface area contributed by atoms with Gasteiger partial charge in [-0.25, -0.2) is 4.79 Å². The molecule has 5 nitrogen and oxygen atoms in total. The average molecular weight is 483 g/mol. The number of para-hydroxylation sites is 1. The standard InChI is InChI=1S/C27H24F3NO4/c1-26(2,18-10-12-19(13-11-18)27(28,29)30)25(34)31-21-15-23(35-22-9-4-3-8-20(21)22)16-6-5-7-17(14-16)24(32)33/h3-14,21,23H,15H2,1-2H3,(H,31,34)(H,32,33)/t21-,23-/m1/s1. The van der Waals surface area contributed by atoms with E-state index in [0.29, 0.717) is 23.3 Å². The predicted octanol–water partition coefficient (Wildman–Crippen LogP) is 6.06. The number of aromatic carboxylic acids is 1. The van der Waals surface area contributed by atoms with Crippen LogP contribution in [0, 0.1) is 0 Å². The van der Waals surface area contributed by atoms with Crippen molar-refractivity contribution in [2.24, 2.45) is 0 Å². The lowest BCUT2D eigenvalue weighted by Gasteiger charge is -2.35. The molecule has 0 aliphatic carbocycles. The summed E-state index contributed by atoms with van der Waals surface area (Å²) in [6.07, 6.45) is -4.60. The Kier molecular flexibility index (Phi) is 6.32. The van der Waals surface area contributed by atoms with Crippen molar-refractivity contribution >= 4 is 11.9 Å². The van der Waals surface area contributed by atoms with Crippen molar-refractivity contribution in [2.45, 2.75) is 44.0 Å². The highest BCUT2D eigenvalue weighted by molar-refractivity contribution is 5.88. The van der Waals surface area contributed by atoms with E-state index in [9.17, 15) is 27.9 Å². The van der Waals surface area contributed by atoms with E-state index in [1.165, 1.54) is 18.2 Å². The number of halogens is 3. The third-order valence-corrected chi connectivity index (χ3v) is 6.33. The van der Waals surface area contributed by atoms with Crippen LogP contribution in [0.1, 0.15) is 65.0 Å². The number of benzene rings is 3. The molecule has 0 bridgehead atoms. The quantitative estimate of drug-likeness (QED) is 0.462. The van der Waals surface area contributed by atoms with Gasteiger partial charge >= 0.3 is 12.1 Å².